The van der Waals surface area contributed by atoms with Crippen LogP contribution in [0.3, 0.4) is 0 Å². The summed E-state index contributed by atoms with van der Waals surface area (Å²) in [7, 11) is 0. The third-order valence-electron chi connectivity index (χ3n) is 4.81. The van der Waals surface area contributed by atoms with Gasteiger partial charge in [0.15, 0.2) is 0 Å². The molecule has 4 rings (SSSR count). The fourth-order valence-electron chi connectivity index (χ4n) is 3.29. The molecule has 0 unspecified atom stereocenters. The molecule has 7 nitrogen and oxygen atoms in total. The number of fused-ring (bicyclic) bond motifs is 1. The molecule has 2 heterocycles. The van der Waals surface area contributed by atoms with E-state index in [1.54, 1.807) is 42.6 Å². The molecular weight excluding hydrogens is 477 g/mol. The number of rotatable bonds is 5. The average Bonchev–Trinajstić information content (AvgIpc) is 2.76. The van der Waals surface area contributed by atoms with Gasteiger partial charge in [-0.3, -0.25) is 9.78 Å². The van der Waals surface area contributed by atoms with Crippen molar-refractivity contribution in [3.8, 4) is 11.1 Å². The second kappa shape index (κ2) is 9.29. The van der Waals surface area contributed by atoms with Crippen LogP contribution >= 0.6 is 15.9 Å². The number of halogens is 2. The molecule has 162 valence electrons. The van der Waals surface area contributed by atoms with Crippen molar-refractivity contribution in [3.63, 3.8) is 0 Å². The monoisotopic (exact) mass is 495 g/mol. The van der Waals surface area contributed by atoms with E-state index in [4.69, 9.17) is 5.73 Å². The van der Waals surface area contributed by atoms with Crippen LogP contribution in [0.15, 0.2) is 70.1 Å². The van der Waals surface area contributed by atoms with Crippen molar-refractivity contribution in [1.82, 2.24) is 9.97 Å². The fraction of sp³-hybridized carbons (Fsp3) is 0.0870. The van der Waals surface area contributed by atoms with Gasteiger partial charge in [0.05, 0.1) is 11.2 Å². The summed E-state index contributed by atoms with van der Waals surface area (Å²) < 4.78 is 14.9. The van der Waals surface area contributed by atoms with Crippen molar-refractivity contribution in [1.29, 1.82) is 0 Å². The minimum absolute atomic E-state index is 0.0625. The number of hydrogen-bond donors (Lipinski definition) is 4. The lowest BCUT2D eigenvalue weighted by atomic mass is 10.0. The van der Waals surface area contributed by atoms with Crippen molar-refractivity contribution in [2.45, 2.75) is 6.42 Å². The van der Waals surface area contributed by atoms with Crippen molar-refractivity contribution in [2.24, 2.45) is 5.73 Å². The smallest absolute Gasteiger partial charge is 0.323 e. The Balaban J connectivity index is 1.68. The highest BCUT2D eigenvalue weighted by Crippen LogP contribution is 2.32. The van der Waals surface area contributed by atoms with Gasteiger partial charge < -0.3 is 21.4 Å². The van der Waals surface area contributed by atoms with Gasteiger partial charge >= 0.3 is 6.03 Å². The average molecular weight is 496 g/mol. The van der Waals surface area contributed by atoms with Crippen LogP contribution in [0.5, 0.6) is 0 Å². The maximum absolute atomic E-state index is 14.5. The van der Waals surface area contributed by atoms with E-state index < -0.39 is 11.8 Å². The van der Waals surface area contributed by atoms with Crippen LogP contribution in [0, 0.1) is 5.82 Å². The van der Waals surface area contributed by atoms with Gasteiger partial charge in [0, 0.05) is 45.0 Å². The van der Waals surface area contributed by atoms with Gasteiger partial charge in [-0.2, -0.15) is 0 Å². The van der Waals surface area contributed by atoms with Crippen LogP contribution in [-0.4, -0.2) is 22.5 Å². The van der Waals surface area contributed by atoms with Gasteiger partial charge in [-0.05, 0) is 42.9 Å². The van der Waals surface area contributed by atoms with Gasteiger partial charge in [0.25, 0.3) is 5.56 Å². The predicted molar refractivity (Wildman–Crippen MR) is 127 cm³/mol. The molecule has 0 spiro atoms. The summed E-state index contributed by atoms with van der Waals surface area (Å²) in [6, 6.07) is 14.3. The number of carbonyl (C=O) groups is 1. The van der Waals surface area contributed by atoms with E-state index in [1.807, 2.05) is 6.07 Å². The number of carbonyl (C=O) groups excluding carboxylic acids is 1. The first-order valence-corrected chi connectivity index (χ1v) is 10.6. The highest BCUT2D eigenvalue weighted by molar-refractivity contribution is 9.10. The largest absolute Gasteiger partial charge is 0.330 e. The zero-order chi connectivity index (χ0) is 22.7. The first-order chi connectivity index (χ1) is 15.4. The van der Waals surface area contributed by atoms with Gasteiger partial charge in [-0.25, -0.2) is 9.18 Å². The van der Waals surface area contributed by atoms with E-state index in [9.17, 15) is 14.0 Å². The zero-order valence-electron chi connectivity index (χ0n) is 16.8. The Kier molecular flexibility index (Phi) is 6.29. The first kappa shape index (κ1) is 21.7. The minimum Gasteiger partial charge on any atom is -0.330 e. The van der Waals surface area contributed by atoms with E-state index in [1.165, 1.54) is 12.1 Å². The molecule has 0 saturated heterocycles. The van der Waals surface area contributed by atoms with Crippen molar-refractivity contribution >= 4 is 44.2 Å². The molecule has 5 N–H and O–H groups in total. The number of hydrogen-bond acceptors (Lipinski definition) is 4. The maximum Gasteiger partial charge on any atom is 0.323 e. The second-order valence-corrected chi connectivity index (χ2v) is 7.93. The number of aromatic nitrogens is 2. The quantitative estimate of drug-likeness (QED) is 0.323. The number of H-pyrrole nitrogens is 1. The molecule has 2 aromatic carbocycles. The lowest BCUT2D eigenvalue weighted by molar-refractivity contribution is 0.262. The van der Waals surface area contributed by atoms with Crippen molar-refractivity contribution in [3.05, 3.63) is 87.1 Å². The molecule has 0 fully saturated rings. The third kappa shape index (κ3) is 4.68. The van der Waals surface area contributed by atoms with E-state index in [0.29, 0.717) is 45.2 Å². The number of nitrogens with one attached hydrogen (secondary N) is 3. The second-order valence-electron chi connectivity index (χ2n) is 7.07. The summed E-state index contributed by atoms with van der Waals surface area (Å²) in [5, 5.41) is 5.84. The summed E-state index contributed by atoms with van der Waals surface area (Å²) in [6.07, 6.45) is 2.26. The number of pyridine rings is 2. The topological polar surface area (TPSA) is 113 Å². The molecule has 0 bridgehead atoms. The SMILES string of the molecule is NCCc1cc2[nH]c(=O)c(-c3cc(NC(=O)Nc4ccccc4)c(F)cc3Br)cc2cn1. The number of aromatic amines is 1. The number of benzene rings is 2. The van der Waals surface area contributed by atoms with E-state index >= 15 is 0 Å². The molecule has 9 heteroatoms. The number of anilines is 2. The summed E-state index contributed by atoms with van der Waals surface area (Å²) >= 11 is 3.32. The molecule has 0 aliphatic carbocycles. The van der Waals surface area contributed by atoms with Gasteiger partial charge in [-0.1, -0.05) is 34.1 Å². The number of urea groups is 1. The van der Waals surface area contributed by atoms with Crippen LogP contribution in [-0.2, 0) is 6.42 Å². The van der Waals surface area contributed by atoms with E-state index in [-0.39, 0.29) is 11.2 Å². The van der Waals surface area contributed by atoms with Crippen LogP contribution < -0.4 is 21.9 Å². The summed E-state index contributed by atoms with van der Waals surface area (Å²) in [6.45, 7) is 0.455. The Bertz CT molecular complexity index is 1360. The minimum atomic E-state index is -0.644. The Labute approximate surface area is 191 Å². The Hall–Kier alpha value is -3.56. The van der Waals surface area contributed by atoms with E-state index in [0.717, 1.165) is 5.69 Å². The number of para-hydroxylation sites is 1. The lowest BCUT2D eigenvalue weighted by Crippen LogP contribution is -2.20. The Morgan fingerprint density at radius 2 is 1.88 bits per heavy atom. The van der Waals surface area contributed by atoms with Crippen molar-refractivity contribution < 1.29 is 9.18 Å². The number of amides is 2. The molecule has 0 aliphatic rings. The normalized spacial score (nSPS) is 10.8. The molecule has 2 aromatic heterocycles. The Morgan fingerprint density at radius 3 is 2.62 bits per heavy atom. The van der Waals surface area contributed by atoms with Crippen LogP contribution in [0.4, 0.5) is 20.6 Å². The molecular formula is C23H19BrFN5O2. The predicted octanol–water partition coefficient (Wildman–Crippen LogP) is 4.64. The lowest BCUT2D eigenvalue weighted by Gasteiger charge is -2.12. The van der Waals surface area contributed by atoms with Crippen LogP contribution in [0.2, 0.25) is 0 Å². The maximum atomic E-state index is 14.5. The molecule has 0 saturated carbocycles. The fourth-order valence-corrected chi connectivity index (χ4v) is 3.81. The van der Waals surface area contributed by atoms with E-state index in [2.05, 4.69) is 36.5 Å². The molecule has 0 atom stereocenters. The van der Waals surface area contributed by atoms with Crippen molar-refractivity contribution in [2.75, 3.05) is 17.2 Å². The summed E-state index contributed by atoms with van der Waals surface area (Å²) in [5.41, 5.74) is 7.87. The molecule has 0 radical (unpaired) electrons. The highest BCUT2D eigenvalue weighted by Gasteiger charge is 2.16. The Morgan fingerprint density at radius 1 is 1.09 bits per heavy atom. The van der Waals surface area contributed by atoms with Crippen LogP contribution in [0.1, 0.15) is 5.69 Å². The van der Waals surface area contributed by atoms with Gasteiger partial charge in [0.1, 0.15) is 5.82 Å². The third-order valence-corrected chi connectivity index (χ3v) is 5.47. The van der Waals surface area contributed by atoms with Crippen LogP contribution in [0.25, 0.3) is 22.0 Å². The zero-order valence-corrected chi connectivity index (χ0v) is 18.4. The molecule has 4 aromatic rings. The molecule has 32 heavy (non-hydrogen) atoms. The number of nitrogens with zero attached hydrogens (tertiary/aromatic N) is 1. The summed E-state index contributed by atoms with van der Waals surface area (Å²) in [5.74, 6) is -0.644. The molecule has 2 amide bonds. The van der Waals surface area contributed by atoms with Gasteiger partial charge in [0.2, 0.25) is 0 Å². The standard InChI is InChI=1S/C23H19BrFN5O2/c24-18-11-19(25)21(30-23(32)28-14-4-2-1-3-5-14)10-16(18)17-8-13-12-27-15(6-7-26)9-20(13)29-22(17)31/h1-5,8-12H,6-7,26H2,(H,29,31)(H2,28,30,32). The molecule has 0 aliphatic heterocycles. The highest BCUT2D eigenvalue weighted by atomic mass is 79.9. The van der Waals surface area contributed by atoms with Gasteiger partial charge in [-0.15, -0.1) is 0 Å². The number of nitrogens with two attached hydrogens (primary N) is 1. The summed E-state index contributed by atoms with van der Waals surface area (Å²) in [4.78, 5) is 32.3. The first-order valence-electron chi connectivity index (χ1n) is 9.79.